The highest BCUT2D eigenvalue weighted by molar-refractivity contribution is 5.39. The van der Waals surface area contributed by atoms with Crippen LogP contribution in [0.4, 0.5) is 0 Å². The topological polar surface area (TPSA) is 42.3 Å². The van der Waals surface area contributed by atoms with Crippen LogP contribution in [0.5, 0.6) is 5.75 Å². The molecule has 1 saturated carbocycles. The summed E-state index contributed by atoms with van der Waals surface area (Å²) in [6, 6.07) is 7.44. The van der Waals surface area contributed by atoms with E-state index in [4.69, 9.17) is 4.74 Å². The lowest BCUT2D eigenvalue weighted by Crippen LogP contribution is -2.36. The van der Waals surface area contributed by atoms with Crippen molar-refractivity contribution in [1.29, 1.82) is 0 Å². The molecule has 5 rings (SSSR count). The average molecular weight is 352 g/mol. The molecule has 3 aliphatic rings. The molecule has 1 aromatic carbocycles. The van der Waals surface area contributed by atoms with Crippen LogP contribution in [-0.2, 0) is 26.6 Å². The quantitative estimate of drug-likeness (QED) is 0.898. The molecule has 26 heavy (non-hydrogen) atoms. The Balaban J connectivity index is 1.38. The summed E-state index contributed by atoms with van der Waals surface area (Å²) in [5.74, 6) is 2.23. The fourth-order valence-electron chi connectivity index (χ4n) is 4.88. The zero-order valence-electron chi connectivity index (χ0n) is 15.6. The normalized spacial score (nSPS) is 23.2. The van der Waals surface area contributed by atoms with E-state index in [1.54, 1.807) is 0 Å². The molecule has 0 bridgehead atoms. The number of fused-ring (bicyclic) bond motifs is 1. The monoisotopic (exact) mass is 352 g/mol. The third-order valence-corrected chi connectivity index (χ3v) is 6.59. The van der Waals surface area contributed by atoms with E-state index in [-0.39, 0.29) is 0 Å². The number of rotatable bonds is 5. The summed E-state index contributed by atoms with van der Waals surface area (Å²) in [6.07, 6.45) is 8.97. The van der Waals surface area contributed by atoms with E-state index < -0.39 is 0 Å². The van der Waals surface area contributed by atoms with E-state index in [0.29, 0.717) is 11.5 Å². The number of piperidine rings is 1. The third-order valence-electron chi connectivity index (χ3n) is 6.59. The molecular formula is C21H28N4O. The number of hydrogen-bond acceptors (Lipinski definition) is 4. The van der Waals surface area contributed by atoms with Crippen molar-refractivity contribution in [1.82, 2.24) is 19.8 Å². The molecule has 2 aromatic rings. The first-order valence-electron chi connectivity index (χ1n) is 9.89. The lowest BCUT2D eigenvalue weighted by molar-refractivity contribution is 0.182. The Morgan fingerprint density at radius 1 is 1.31 bits per heavy atom. The van der Waals surface area contributed by atoms with Crippen LogP contribution < -0.4 is 10.1 Å². The highest BCUT2D eigenvalue weighted by atomic mass is 16.5. The van der Waals surface area contributed by atoms with Gasteiger partial charge in [-0.3, -0.25) is 4.90 Å². The predicted octanol–water partition coefficient (Wildman–Crippen LogP) is 2.50. The van der Waals surface area contributed by atoms with Crippen LogP contribution in [0, 0.1) is 5.41 Å². The molecule has 2 fully saturated rings. The largest absolute Gasteiger partial charge is 0.493 e. The average Bonchev–Trinajstić information content (AvgIpc) is 2.98. The molecule has 5 nitrogen and oxygen atoms in total. The van der Waals surface area contributed by atoms with E-state index in [9.17, 15) is 0 Å². The molecule has 3 heterocycles. The molecule has 1 spiro atoms. The van der Waals surface area contributed by atoms with Crippen molar-refractivity contribution in [3.05, 3.63) is 47.5 Å². The van der Waals surface area contributed by atoms with Crippen LogP contribution in [-0.4, -0.2) is 40.2 Å². The van der Waals surface area contributed by atoms with E-state index in [1.807, 2.05) is 12.4 Å². The standard InChI is InChI=1S/C21H28N4O/c1-24-10-9-23-20(24)15-25(19-13-21(19)5-7-22-8-6-21)14-16-2-3-18-17(12-16)4-11-26-18/h2-3,9-10,12,19,22H,4-8,11,13-15H2,1H3/t19-/m0/s1. The van der Waals surface area contributed by atoms with Gasteiger partial charge in [0.15, 0.2) is 0 Å². The molecule has 0 unspecified atom stereocenters. The SMILES string of the molecule is Cn1ccnc1CN(Cc1ccc2c(c1)CCO2)[C@H]1CC12CCNCC2. The summed E-state index contributed by atoms with van der Waals surface area (Å²) in [5.41, 5.74) is 3.31. The van der Waals surface area contributed by atoms with Crippen LogP contribution in [0.25, 0.3) is 0 Å². The molecule has 1 atom stereocenters. The molecule has 1 aromatic heterocycles. The number of nitrogens with zero attached hydrogens (tertiary/aromatic N) is 3. The van der Waals surface area contributed by atoms with Crippen molar-refractivity contribution < 1.29 is 4.74 Å². The highest BCUT2D eigenvalue weighted by Crippen LogP contribution is 2.56. The van der Waals surface area contributed by atoms with Gasteiger partial charge in [0.05, 0.1) is 13.2 Å². The summed E-state index contributed by atoms with van der Waals surface area (Å²) >= 11 is 0. The first-order valence-corrected chi connectivity index (χ1v) is 9.89. The van der Waals surface area contributed by atoms with Crippen LogP contribution in [0.15, 0.2) is 30.6 Å². The Labute approximate surface area is 155 Å². The van der Waals surface area contributed by atoms with Crippen LogP contribution in [0.3, 0.4) is 0 Å². The Kier molecular flexibility index (Phi) is 4.02. The van der Waals surface area contributed by atoms with E-state index in [1.165, 1.54) is 43.5 Å². The summed E-state index contributed by atoms with van der Waals surface area (Å²) in [6.45, 7) is 5.09. The minimum Gasteiger partial charge on any atom is -0.493 e. The van der Waals surface area contributed by atoms with Gasteiger partial charge in [-0.2, -0.15) is 0 Å². The Bertz CT molecular complexity index is 793. The number of nitrogens with one attached hydrogen (secondary N) is 1. The van der Waals surface area contributed by atoms with Crippen molar-refractivity contribution in [2.45, 2.75) is 44.8 Å². The minimum atomic E-state index is 0.538. The molecule has 1 saturated heterocycles. The number of imidazole rings is 1. The number of hydrogen-bond donors (Lipinski definition) is 1. The van der Waals surface area contributed by atoms with Gasteiger partial charge in [0.2, 0.25) is 0 Å². The smallest absolute Gasteiger partial charge is 0.122 e. The van der Waals surface area contributed by atoms with Crippen LogP contribution in [0.2, 0.25) is 0 Å². The van der Waals surface area contributed by atoms with Crippen molar-refractivity contribution in [2.75, 3.05) is 19.7 Å². The lowest BCUT2D eigenvalue weighted by Gasteiger charge is -2.29. The maximum atomic E-state index is 5.68. The van der Waals surface area contributed by atoms with Gasteiger partial charge < -0.3 is 14.6 Å². The number of aromatic nitrogens is 2. The fraction of sp³-hybridized carbons (Fsp3) is 0.571. The second kappa shape index (κ2) is 6.39. The second-order valence-corrected chi connectivity index (χ2v) is 8.23. The van der Waals surface area contributed by atoms with Crippen molar-refractivity contribution >= 4 is 0 Å². The van der Waals surface area contributed by atoms with E-state index in [0.717, 1.165) is 37.7 Å². The zero-order chi connectivity index (χ0) is 17.6. The molecule has 138 valence electrons. The molecule has 1 N–H and O–H groups in total. The van der Waals surface area contributed by atoms with Crippen LogP contribution in [0.1, 0.15) is 36.2 Å². The van der Waals surface area contributed by atoms with Crippen molar-refractivity contribution in [2.24, 2.45) is 12.5 Å². The van der Waals surface area contributed by atoms with E-state index in [2.05, 4.69) is 45.0 Å². The summed E-state index contributed by atoms with van der Waals surface area (Å²) < 4.78 is 7.83. The number of aryl methyl sites for hydroxylation is 1. The number of benzene rings is 1. The summed E-state index contributed by atoms with van der Waals surface area (Å²) in [4.78, 5) is 7.26. The lowest BCUT2D eigenvalue weighted by atomic mass is 9.93. The van der Waals surface area contributed by atoms with Gasteiger partial charge in [-0.05, 0) is 55.0 Å². The Hall–Kier alpha value is -1.85. The minimum absolute atomic E-state index is 0.538. The third kappa shape index (κ3) is 2.93. The van der Waals surface area contributed by atoms with E-state index >= 15 is 0 Å². The molecular weight excluding hydrogens is 324 g/mol. The van der Waals surface area contributed by atoms with Crippen LogP contribution >= 0.6 is 0 Å². The van der Waals surface area contributed by atoms with Gasteiger partial charge in [0, 0.05) is 38.4 Å². The first-order chi connectivity index (χ1) is 12.7. The van der Waals surface area contributed by atoms with Gasteiger partial charge in [0.25, 0.3) is 0 Å². The predicted molar refractivity (Wildman–Crippen MR) is 101 cm³/mol. The molecule has 0 radical (unpaired) electrons. The van der Waals surface area contributed by atoms with Crippen molar-refractivity contribution in [3.63, 3.8) is 0 Å². The number of ether oxygens (including phenoxy) is 1. The molecule has 1 aliphatic carbocycles. The molecule has 0 amide bonds. The first kappa shape index (κ1) is 16.3. The Morgan fingerprint density at radius 3 is 3.00 bits per heavy atom. The van der Waals surface area contributed by atoms with Gasteiger partial charge in [-0.25, -0.2) is 4.98 Å². The summed E-state index contributed by atoms with van der Waals surface area (Å²) in [7, 11) is 2.10. The van der Waals surface area contributed by atoms with Gasteiger partial charge >= 0.3 is 0 Å². The van der Waals surface area contributed by atoms with Gasteiger partial charge in [-0.15, -0.1) is 0 Å². The Morgan fingerprint density at radius 2 is 2.19 bits per heavy atom. The maximum Gasteiger partial charge on any atom is 0.122 e. The summed E-state index contributed by atoms with van der Waals surface area (Å²) in [5, 5.41) is 3.52. The maximum absolute atomic E-state index is 5.68. The van der Waals surface area contributed by atoms with Gasteiger partial charge in [0.1, 0.15) is 11.6 Å². The van der Waals surface area contributed by atoms with Gasteiger partial charge in [-0.1, -0.05) is 12.1 Å². The zero-order valence-corrected chi connectivity index (χ0v) is 15.6. The fourth-order valence-corrected chi connectivity index (χ4v) is 4.88. The highest BCUT2D eigenvalue weighted by Gasteiger charge is 2.56. The molecule has 5 heteroatoms. The second-order valence-electron chi connectivity index (χ2n) is 8.23. The van der Waals surface area contributed by atoms with Crippen molar-refractivity contribution in [3.8, 4) is 5.75 Å². The molecule has 2 aliphatic heterocycles.